The van der Waals surface area contributed by atoms with Gasteiger partial charge in [0.2, 0.25) is 0 Å². The first-order chi connectivity index (χ1) is 14.4. The lowest BCUT2D eigenvalue weighted by atomic mass is 10.2. The van der Waals surface area contributed by atoms with E-state index in [4.69, 9.17) is 33.7 Å². The summed E-state index contributed by atoms with van der Waals surface area (Å²) >= 11 is 12.0. The van der Waals surface area contributed by atoms with E-state index in [1.807, 2.05) is 35.9 Å². The molecule has 0 radical (unpaired) electrons. The van der Waals surface area contributed by atoms with Crippen molar-refractivity contribution in [1.29, 1.82) is 0 Å². The molecule has 2 aromatic carbocycles. The molecule has 0 spiro atoms. The highest BCUT2D eigenvalue weighted by molar-refractivity contribution is 6.39. The number of hydrogen-bond donors (Lipinski definition) is 2. The van der Waals surface area contributed by atoms with Gasteiger partial charge >= 0.3 is 0 Å². The Balaban J connectivity index is 1.45. The highest BCUT2D eigenvalue weighted by Crippen LogP contribution is 2.31. The third-order valence-electron chi connectivity index (χ3n) is 4.47. The van der Waals surface area contributed by atoms with Gasteiger partial charge in [0.15, 0.2) is 0 Å². The molecule has 152 valence electrons. The summed E-state index contributed by atoms with van der Waals surface area (Å²) in [5.41, 5.74) is 9.68. The van der Waals surface area contributed by atoms with Gasteiger partial charge in [0.1, 0.15) is 18.0 Å². The Bertz CT molecular complexity index is 1230. The summed E-state index contributed by atoms with van der Waals surface area (Å²) in [5.74, 6) is 0.241. The third-order valence-corrected chi connectivity index (χ3v) is 5.09. The first kappa shape index (κ1) is 20.1. The van der Waals surface area contributed by atoms with Gasteiger partial charge in [-0.1, -0.05) is 35.3 Å². The molecule has 30 heavy (non-hydrogen) atoms. The fourth-order valence-electron chi connectivity index (χ4n) is 2.97. The van der Waals surface area contributed by atoms with Crippen LogP contribution < -0.4 is 15.8 Å². The van der Waals surface area contributed by atoms with Crippen LogP contribution in [0.25, 0.3) is 5.65 Å². The van der Waals surface area contributed by atoms with Gasteiger partial charge in [0, 0.05) is 23.6 Å². The molecule has 6 nitrogen and oxygen atoms in total. The molecule has 2 heterocycles. The topological polar surface area (TPSA) is 81.6 Å². The molecule has 0 saturated carbocycles. The maximum absolute atomic E-state index is 12.6. The largest absolute Gasteiger partial charge is 0.487 e. The van der Waals surface area contributed by atoms with E-state index in [1.54, 1.807) is 36.4 Å². The van der Waals surface area contributed by atoms with Crippen molar-refractivity contribution in [3.8, 4) is 5.75 Å². The van der Waals surface area contributed by atoms with Crippen molar-refractivity contribution >= 4 is 46.1 Å². The lowest BCUT2D eigenvalue weighted by molar-refractivity contribution is 0.102. The number of nitrogen functional groups attached to an aromatic ring is 1. The van der Waals surface area contributed by atoms with Crippen LogP contribution in [0.4, 0.5) is 11.4 Å². The number of ether oxygens (including phenoxy) is 1. The van der Waals surface area contributed by atoms with Crippen molar-refractivity contribution in [2.75, 3.05) is 11.1 Å². The van der Waals surface area contributed by atoms with Crippen LogP contribution in [0, 0.1) is 6.92 Å². The molecule has 0 unspecified atom stereocenters. The molecule has 3 N–H and O–H groups in total. The number of pyridine rings is 1. The van der Waals surface area contributed by atoms with Crippen molar-refractivity contribution in [2.24, 2.45) is 0 Å². The van der Waals surface area contributed by atoms with Crippen LogP contribution in [-0.4, -0.2) is 15.3 Å². The minimum Gasteiger partial charge on any atom is -0.487 e. The first-order valence-corrected chi connectivity index (χ1v) is 9.87. The zero-order valence-electron chi connectivity index (χ0n) is 16.0. The van der Waals surface area contributed by atoms with Gasteiger partial charge in [0.05, 0.1) is 21.4 Å². The Kier molecular flexibility index (Phi) is 5.53. The van der Waals surface area contributed by atoms with Gasteiger partial charge in [-0.25, -0.2) is 4.98 Å². The maximum atomic E-state index is 12.6. The lowest BCUT2D eigenvalue weighted by Crippen LogP contribution is -2.12. The molecule has 4 rings (SSSR count). The number of nitrogens with zero attached hydrogens (tertiary/aromatic N) is 2. The van der Waals surface area contributed by atoms with Crippen LogP contribution in [0.2, 0.25) is 10.0 Å². The number of aryl methyl sites for hydroxylation is 1. The van der Waals surface area contributed by atoms with E-state index >= 15 is 0 Å². The zero-order chi connectivity index (χ0) is 21.3. The first-order valence-electron chi connectivity index (χ1n) is 9.12. The number of nitrogens with one attached hydrogen (secondary N) is 1. The number of amides is 1. The number of carbonyl (C=O) groups excluding carboxylic acids is 1. The number of hydrogen-bond acceptors (Lipinski definition) is 4. The van der Waals surface area contributed by atoms with Crippen LogP contribution in [-0.2, 0) is 6.61 Å². The standard InChI is InChI=1S/C22H18Cl2N4O2/c1-13-5-6-20-26-16(11-28(20)10-13)12-30-17-4-2-3-14(7-17)22(29)27-15-8-18(23)21(25)19(24)9-15/h2-11H,12,25H2,1H3,(H,27,29). The predicted molar refractivity (Wildman–Crippen MR) is 120 cm³/mol. The second kappa shape index (κ2) is 8.26. The summed E-state index contributed by atoms with van der Waals surface area (Å²) in [6.07, 6.45) is 3.93. The van der Waals surface area contributed by atoms with Crippen LogP contribution in [0.1, 0.15) is 21.6 Å². The fraction of sp³-hybridized carbons (Fsp3) is 0.0909. The normalized spacial score (nSPS) is 10.9. The second-order valence-corrected chi connectivity index (χ2v) is 7.64. The smallest absolute Gasteiger partial charge is 0.255 e. The van der Waals surface area contributed by atoms with E-state index in [0.717, 1.165) is 16.9 Å². The van der Waals surface area contributed by atoms with E-state index in [9.17, 15) is 4.79 Å². The number of benzene rings is 2. The van der Waals surface area contributed by atoms with Crippen molar-refractivity contribution in [2.45, 2.75) is 13.5 Å². The number of halogens is 2. The highest BCUT2D eigenvalue weighted by Gasteiger charge is 2.11. The fourth-order valence-corrected chi connectivity index (χ4v) is 3.46. The van der Waals surface area contributed by atoms with Crippen molar-refractivity contribution in [3.63, 3.8) is 0 Å². The molecule has 1 amide bonds. The zero-order valence-corrected chi connectivity index (χ0v) is 17.5. The molecule has 2 aromatic heterocycles. The van der Waals surface area contributed by atoms with Crippen LogP contribution in [0.5, 0.6) is 5.75 Å². The highest BCUT2D eigenvalue weighted by atomic mass is 35.5. The van der Waals surface area contributed by atoms with Gasteiger partial charge in [0.25, 0.3) is 5.91 Å². The summed E-state index contributed by atoms with van der Waals surface area (Å²) in [7, 11) is 0. The summed E-state index contributed by atoms with van der Waals surface area (Å²) in [6, 6.07) is 14.0. The molecule has 0 aliphatic carbocycles. The minimum atomic E-state index is -0.319. The second-order valence-electron chi connectivity index (χ2n) is 6.83. The van der Waals surface area contributed by atoms with Crippen LogP contribution in [0.15, 0.2) is 60.9 Å². The van der Waals surface area contributed by atoms with Crippen molar-refractivity contribution in [1.82, 2.24) is 9.38 Å². The van der Waals surface area contributed by atoms with Gasteiger partial charge in [-0.3, -0.25) is 4.79 Å². The Morgan fingerprint density at radius 3 is 2.67 bits per heavy atom. The van der Waals surface area contributed by atoms with Gasteiger partial charge < -0.3 is 20.2 Å². The average Bonchev–Trinajstić information content (AvgIpc) is 3.12. The summed E-state index contributed by atoms with van der Waals surface area (Å²) in [6.45, 7) is 2.31. The van der Waals surface area contributed by atoms with Crippen LogP contribution >= 0.6 is 23.2 Å². The third kappa shape index (κ3) is 4.35. The summed E-state index contributed by atoms with van der Waals surface area (Å²) < 4.78 is 7.79. The molecule has 0 atom stereocenters. The van der Waals surface area contributed by atoms with E-state index < -0.39 is 0 Å². The number of imidazole rings is 1. The molecular weight excluding hydrogens is 423 g/mol. The molecule has 0 fully saturated rings. The Morgan fingerprint density at radius 1 is 1.13 bits per heavy atom. The lowest BCUT2D eigenvalue weighted by Gasteiger charge is -2.10. The number of aromatic nitrogens is 2. The molecule has 4 aromatic rings. The van der Waals surface area contributed by atoms with Crippen LogP contribution in [0.3, 0.4) is 0 Å². The van der Waals surface area contributed by atoms with Gasteiger partial charge in [-0.15, -0.1) is 0 Å². The molecule has 0 aliphatic heterocycles. The Labute approximate surface area is 183 Å². The Hall–Kier alpha value is -3.22. The molecular formula is C22H18Cl2N4O2. The monoisotopic (exact) mass is 440 g/mol. The number of rotatable bonds is 5. The molecule has 0 saturated heterocycles. The summed E-state index contributed by atoms with van der Waals surface area (Å²) in [4.78, 5) is 17.1. The predicted octanol–water partition coefficient (Wildman–Crippen LogP) is 5.36. The SMILES string of the molecule is Cc1ccc2nc(COc3cccc(C(=O)Nc4cc(Cl)c(N)c(Cl)c4)c3)cn2c1. The van der Waals surface area contributed by atoms with Gasteiger partial charge in [-0.2, -0.15) is 0 Å². The number of anilines is 2. The number of carbonyl (C=O) groups is 1. The molecule has 0 aliphatic rings. The minimum absolute atomic E-state index is 0.272. The molecule has 8 heteroatoms. The quantitative estimate of drug-likeness (QED) is 0.409. The summed E-state index contributed by atoms with van der Waals surface area (Å²) in [5, 5.41) is 3.31. The molecule has 0 bridgehead atoms. The maximum Gasteiger partial charge on any atom is 0.255 e. The van der Waals surface area contributed by atoms with E-state index in [1.165, 1.54) is 0 Å². The van der Waals surface area contributed by atoms with E-state index in [2.05, 4.69) is 10.3 Å². The Morgan fingerprint density at radius 2 is 1.90 bits per heavy atom. The number of fused-ring (bicyclic) bond motifs is 1. The van der Waals surface area contributed by atoms with Gasteiger partial charge in [-0.05, 0) is 48.9 Å². The average molecular weight is 441 g/mol. The number of nitrogens with two attached hydrogens (primary N) is 1. The van der Waals surface area contributed by atoms with E-state index in [-0.39, 0.29) is 28.2 Å². The van der Waals surface area contributed by atoms with Crippen molar-refractivity contribution in [3.05, 3.63) is 87.8 Å². The van der Waals surface area contributed by atoms with E-state index in [0.29, 0.717) is 17.0 Å². The van der Waals surface area contributed by atoms with Crippen molar-refractivity contribution < 1.29 is 9.53 Å².